The van der Waals surface area contributed by atoms with Crippen molar-refractivity contribution in [3.05, 3.63) is 24.0 Å². The molecule has 0 rings (SSSR count). The van der Waals surface area contributed by atoms with Gasteiger partial charge in [0, 0.05) is 10.8 Å². The maximum atomic E-state index is 10.1. The van der Waals surface area contributed by atoms with Crippen molar-refractivity contribution < 1.29 is 8.42 Å². The van der Waals surface area contributed by atoms with Crippen molar-refractivity contribution >= 4 is 9.84 Å². The van der Waals surface area contributed by atoms with Gasteiger partial charge >= 0.3 is 0 Å². The van der Waals surface area contributed by atoms with Crippen LogP contribution in [-0.2, 0) is 9.84 Å². The third kappa shape index (κ3) is 17.9. The summed E-state index contributed by atoms with van der Waals surface area (Å²) in [7, 11) is 0.885. The molecular weight excluding hydrogens is 236 g/mol. The van der Waals surface area contributed by atoms with Crippen LogP contribution < -0.4 is 10.6 Å². The summed E-state index contributed by atoms with van der Waals surface area (Å²) in [5.41, 5.74) is 0. The third-order valence-electron chi connectivity index (χ3n) is 2.07. The summed E-state index contributed by atoms with van der Waals surface area (Å²) in [6, 6.07) is 0. The van der Waals surface area contributed by atoms with Crippen LogP contribution in [0.25, 0.3) is 0 Å². The Morgan fingerprint density at radius 2 is 1.24 bits per heavy atom. The van der Waals surface area contributed by atoms with E-state index >= 15 is 0 Å². The summed E-state index contributed by atoms with van der Waals surface area (Å²) in [6.07, 6.45) is 5.37. The molecule has 0 aliphatic carbocycles. The van der Waals surface area contributed by atoms with Gasteiger partial charge in [-0.2, -0.15) is 0 Å². The zero-order valence-corrected chi connectivity index (χ0v) is 11.9. The van der Waals surface area contributed by atoms with E-state index in [9.17, 15) is 8.42 Å². The van der Waals surface area contributed by atoms with Gasteiger partial charge in [-0.05, 0) is 40.0 Å². The largest absolute Gasteiger partial charge is 0.320 e. The van der Waals surface area contributed by atoms with E-state index in [4.69, 9.17) is 0 Å². The molecule has 2 N–H and O–H groups in total. The summed E-state index contributed by atoms with van der Waals surface area (Å²) in [4.78, 5) is 0. The lowest BCUT2D eigenvalue weighted by Gasteiger charge is -1.99. The van der Waals surface area contributed by atoms with Gasteiger partial charge in [0.25, 0.3) is 0 Å². The lowest BCUT2D eigenvalue weighted by atomic mass is 10.2. The molecule has 5 heteroatoms. The Balaban J connectivity index is 0. The van der Waals surface area contributed by atoms with Gasteiger partial charge in [0.1, 0.15) is 0 Å². The highest BCUT2D eigenvalue weighted by molar-refractivity contribution is 7.97. The SMILES string of the molecule is C=CS(=O)(=O)C=C.CNCCCCCCNC. The highest BCUT2D eigenvalue weighted by Gasteiger charge is 1.90. The quantitative estimate of drug-likeness (QED) is 0.621. The van der Waals surface area contributed by atoms with Gasteiger partial charge in [-0.25, -0.2) is 8.42 Å². The summed E-state index contributed by atoms with van der Waals surface area (Å²) in [5, 5.41) is 7.98. The first-order chi connectivity index (χ1) is 8.04. The van der Waals surface area contributed by atoms with Crippen LogP contribution in [0, 0.1) is 0 Å². The lowest BCUT2D eigenvalue weighted by molar-refractivity contribution is 0.600. The van der Waals surface area contributed by atoms with E-state index in [2.05, 4.69) is 23.8 Å². The molecule has 0 aliphatic rings. The van der Waals surface area contributed by atoms with Crippen LogP contribution in [0.15, 0.2) is 24.0 Å². The number of sulfone groups is 1. The second kappa shape index (κ2) is 13.4. The molecular formula is C12H26N2O2S. The monoisotopic (exact) mass is 262 g/mol. The van der Waals surface area contributed by atoms with Gasteiger partial charge in [0.05, 0.1) is 0 Å². The van der Waals surface area contributed by atoms with Crippen LogP contribution in [0.5, 0.6) is 0 Å². The molecule has 0 aliphatic heterocycles. The highest BCUT2D eigenvalue weighted by atomic mass is 32.2. The van der Waals surface area contributed by atoms with Crippen LogP contribution in [0.4, 0.5) is 0 Å². The standard InChI is InChI=1S/C8H20N2.C4H6O2S/c1-9-7-5-3-4-6-8-10-2;1-3-7(5,6)4-2/h9-10H,3-8H2,1-2H3;3-4H,1-2H2. The number of rotatable bonds is 9. The van der Waals surface area contributed by atoms with E-state index in [1.54, 1.807) is 0 Å². The first-order valence-electron chi connectivity index (χ1n) is 5.83. The number of hydrogen-bond donors (Lipinski definition) is 2. The third-order valence-corrected chi connectivity index (χ3v) is 3.00. The van der Waals surface area contributed by atoms with Gasteiger partial charge in [-0.1, -0.05) is 26.0 Å². The van der Waals surface area contributed by atoms with Crippen molar-refractivity contribution in [3.8, 4) is 0 Å². The smallest absolute Gasteiger partial charge is 0.191 e. The molecule has 0 aromatic rings. The Hall–Kier alpha value is -0.650. The number of hydrogen-bond acceptors (Lipinski definition) is 4. The predicted octanol–water partition coefficient (Wildman–Crippen LogP) is 1.67. The minimum absolute atomic E-state index is 0.847. The zero-order valence-electron chi connectivity index (χ0n) is 11.0. The van der Waals surface area contributed by atoms with Crippen molar-refractivity contribution in [2.75, 3.05) is 27.2 Å². The molecule has 0 aromatic carbocycles. The van der Waals surface area contributed by atoms with E-state index in [1.807, 2.05) is 14.1 Å². The van der Waals surface area contributed by atoms with Crippen molar-refractivity contribution in [2.45, 2.75) is 25.7 Å². The van der Waals surface area contributed by atoms with Gasteiger partial charge in [0.15, 0.2) is 9.84 Å². The molecule has 17 heavy (non-hydrogen) atoms. The molecule has 102 valence electrons. The summed E-state index contributed by atoms with van der Waals surface area (Å²) >= 11 is 0. The van der Waals surface area contributed by atoms with Gasteiger partial charge < -0.3 is 10.6 Å². The Morgan fingerprint density at radius 1 is 0.882 bits per heavy atom. The summed E-state index contributed by atoms with van der Waals surface area (Å²) in [5.74, 6) is 0. The molecule has 0 saturated heterocycles. The minimum Gasteiger partial charge on any atom is -0.320 e. The average molecular weight is 262 g/mol. The first-order valence-corrected chi connectivity index (χ1v) is 7.44. The van der Waals surface area contributed by atoms with E-state index in [0.29, 0.717) is 0 Å². The fourth-order valence-corrected chi connectivity index (χ4v) is 1.16. The van der Waals surface area contributed by atoms with Crippen LogP contribution in [0.3, 0.4) is 0 Å². The van der Waals surface area contributed by atoms with E-state index in [1.165, 1.54) is 38.8 Å². The molecule has 0 bridgehead atoms. The molecule has 0 fully saturated rings. The lowest BCUT2D eigenvalue weighted by Crippen LogP contribution is -2.09. The summed E-state index contributed by atoms with van der Waals surface area (Å²) in [6.45, 7) is 8.42. The second-order valence-corrected chi connectivity index (χ2v) is 5.39. The van der Waals surface area contributed by atoms with E-state index in [0.717, 1.165) is 10.8 Å². The van der Waals surface area contributed by atoms with Crippen LogP contribution in [0.1, 0.15) is 25.7 Å². The second-order valence-electron chi connectivity index (χ2n) is 3.54. The van der Waals surface area contributed by atoms with Crippen LogP contribution >= 0.6 is 0 Å². The van der Waals surface area contributed by atoms with E-state index in [-0.39, 0.29) is 0 Å². The van der Waals surface area contributed by atoms with Crippen LogP contribution in [0.2, 0.25) is 0 Å². The fourth-order valence-electron chi connectivity index (χ4n) is 1.03. The maximum absolute atomic E-state index is 10.1. The molecule has 0 heterocycles. The topological polar surface area (TPSA) is 58.2 Å². The Morgan fingerprint density at radius 3 is 1.41 bits per heavy atom. The van der Waals surface area contributed by atoms with E-state index < -0.39 is 9.84 Å². The minimum atomic E-state index is -3.13. The molecule has 0 spiro atoms. The van der Waals surface area contributed by atoms with Crippen LogP contribution in [-0.4, -0.2) is 35.6 Å². The zero-order chi connectivity index (χ0) is 13.6. The Bertz CT molecular complexity index is 252. The predicted molar refractivity (Wildman–Crippen MR) is 75.6 cm³/mol. The number of nitrogens with one attached hydrogen (secondary N) is 2. The molecule has 0 aromatic heterocycles. The average Bonchev–Trinajstić information content (AvgIpc) is 2.34. The van der Waals surface area contributed by atoms with Crippen molar-refractivity contribution in [2.24, 2.45) is 0 Å². The molecule has 0 radical (unpaired) electrons. The van der Waals surface area contributed by atoms with Crippen molar-refractivity contribution in [1.29, 1.82) is 0 Å². The Kier molecular flexibility index (Phi) is 14.8. The highest BCUT2D eigenvalue weighted by Crippen LogP contribution is 1.96. The number of unbranched alkanes of at least 4 members (excludes halogenated alkanes) is 3. The molecule has 0 atom stereocenters. The first kappa shape index (κ1) is 18.7. The Labute approximate surface area is 106 Å². The van der Waals surface area contributed by atoms with Crippen molar-refractivity contribution in [1.82, 2.24) is 10.6 Å². The fraction of sp³-hybridized carbons (Fsp3) is 0.667. The maximum Gasteiger partial charge on any atom is 0.191 e. The molecule has 4 nitrogen and oxygen atoms in total. The normalized spacial score (nSPS) is 10.2. The van der Waals surface area contributed by atoms with Gasteiger partial charge in [0.2, 0.25) is 0 Å². The molecule has 0 amide bonds. The summed E-state index contributed by atoms with van der Waals surface area (Å²) < 4.78 is 20.3. The molecule has 0 unspecified atom stereocenters. The van der Waals surface area contributed by atoms with Gasteiger partial charge in [-0.3, -0.25) is 0 Å². The van der Waals surface area contributed by atoms with Crippen molar-refractivity contribution in [3.63, 3.8) is 0 Å². The van der Waals surface area contributed by atoms with Gasteiger partial charge in [-0.15, -0.1) is 0 Å². The molecule has 0 saturated carbocycles.